The number of carbonyl (C=O) groups is 2. The molecule has 1 atom stereocenters. The molecule has 0 bridgehead atoms. The number of unbranched alkanes of at least 4 members (excludes halogenated alkanes) is 1. The molecule has 1 aromatic rings. The molecule has 3 N–H and O–H groups in total. The van der Waals surface area contributed by atoms with Crippen LogP contribution in [0.2, 0.25) is 0 Å². The number of hydrogen-bond donors (Lipinski definition) is 3. The van der Waals surface area contributed by atoms with Gasteiger partial charge in [0.25, 0.3) is 0 Å². The maximum Gasteiger partial charge on any atom is 0.326 e. The summed E-state index contributed by atoms with van der Waals surface area (Å²) in [7, 11) is 0. The topological polar surface area (TPSA) is 86.6 Å². The number of rotatable bonds is 17. The number of amides is 1. The number of nitrogens with one attached hydrogen (secondary N) is 1. The van der Waals surface area contributed by atoms with Crippen molar-refractivity contribution >= 4 is 11.9 Å². The maximum atomic E-state index is 12.1. The molecule has 1 aromatic carbocycles. The fourth-order valence-corrected chi connectivity index (χ4v) is 3.08. The number of benzene rings is 1. The van der Waals surface area contributed by atoms with E-state index in [2.05, 4.69) is 73.0 Å². The van der Waals surface area contributed by atoms with E-state index in [1.54, 1.807) is 12.1 Å². The zero-order valence-electron chi connectivity index (χ0n) is 20.2. The summed E-state index contributed by atoms with van der Waals surface area (Å²) in [5, 5.41) is 21.3. The van der Waals surface area contributed by atoms with Gasteiger partial charge in [-0.1, -0.05) is 79.8 Å². The molecule has 0 radical (unpaired) electrons. The number of aliphatic carboxylic acids is 1. The molecule has 34 heavy (non-hydrogen) atoms. The third-order valence-corrected chi connectivity index (χ3v) is 4.94. The van der Waals surface area contributed by atoms with Gasteiger partial charge in [0.2, 0.25) is 5.91 Å². The molecule has 5 nitrogen and oxygen atoms in total. The molecule has 0 fully saturated rings. The standard InChI is InChI=1S/C29H39NO4/c1-2-3-4-5-6-7-8-9-10-11-12-13-14-15-16-17-18-19-28(32)30-27(29(33)34)24-25-20-22-26(31)23-21-25/h3-4,6-7,9-10,12-13,15-16,20-23,27,31H,2,5,8,11,14,17-19,24H2,1H3,(H,30,32)(H,33,34)/b4-3+,7-6+,10-9+,13-12+,16-15+. The zero-order chi connectivity index (χ0) is 24.9. The molecule has 0 heterocycles. The zero-order valence-corrected chi connectivity index (χ0v) is 20.2. The van der Waals surface area contributed by atoms with Crippen LogP contribution in [0.1, 0.15) is 63.9 Å². The molecule has 1 rings (SSSR count). The number of phenols is 1. The number of phenolic OH excluding ortho intramolecular Hbond substituents is 1. The monoisotopic (exact) mass is 465 g/mol. The summed E-state index contributed by atoms with van der Waals surface area (Å²) in [4.78, 5) is 23.5. The van der Waals surface area contributed by atoms with Gasteiger partial charge in [0.1, 0.15) is 11.8 Å². The largest absolute Gasteiger partial charge is 0.508 e. The minimum Gasteiger partial charge on any atom is -0.508 e. The second-order valence-corrected chi connectivity index (χ2v) is 7.93. The minimum atomic E-state index is -1.07. The maximum absolute atomic E-state index is 12.1. The second kappa shape index (κ2) is 19.2. The Labute approximate surface area is 204 Å². The Morgan fingerprint density at radius 1 is 0.824 bits per heavy atom. The van der Waals surface area contributed by atoms with Gasteiger partial charge in [-0.3, -0.25) is 4.79 Å². The molecule has 1 unspecified atom stereocenters. The lowest BCUT2D eigenvalue weighted by atomic mass is 10.1. The Balaban J connectivity index is 2.14. The molecule has 0 aromatic heterocycles. The summed E-state index contributed by atoms with van der Waals surface area (Å²) < 4.78 is 0. The molecule has 0 saturated heterocycles. The normalized spacial score (nSPS) is 13.1. The van der Waals surface area contributed by atoms with Crippen molar-refractivity contribution in [3.05, 3.63) is 90.6 Å². The Hall–Kier alpha value is -3.34. The summed E-state index contributed by atoms with van der Waals surface area (Å²) in [6.07, 6.45) is 28.2. The van der Waals surface area contributed by atoms with Crippen molar-refractivity contribution in [2.75, 3.05) is 0 Å². The van der Waals surface area contributed by atoms with E-state index in [1.807, 2.05) is 0 Å². The van der Waals surface area contributed by atoms with Gasteiger partial charge in [-0.25, -0.2) is 4.79 Å². The van der Waals surface area contributed by atoms with Crippen LogP contribution in [0.3, 0.4) is 0 Å². The molecule has 5 heteroatoms. The Morgan fingerprint density at radius 2 is 1.32 bits per heavy atom. The van der Waals surface area contributed by atoms with E-state index in [0.717, 1.165) is 44.1 Å². The van der Waals surface area contributed by atoms with Crippen molar-refractivity contribution in [1.82, 2.24) is 5.32 Å². The van der Waals surface area contributed by atoms with E-state index < -0.39 is 12.0 Å². The highest BCUT2D eigenvalue weighted by Crippen LogP contribution is 2.11. The van der Waals surface area contributed by atoms with Crippen molar-refractivity contribution in [3.63, 3.8) is 0 Å². The van der Waals surface area contributed by atoms with Gasteiger partial charge >= 0.3 is 5.97 Å². The summed E-state index contributed by atoms with van der Waals surface area (Å²) in [6, 6.07) is 5.33. The molecule has 1 amide bonds. The van der Waals surface area contributed by atoms with Gasteiger partial charge in [0.15, 0.2) is 0 Å². The molecule has 184 valence electrons. The molecule has 0 saturated carbocycles. The van der Waals surface area contributed by atoms with Gasteiger partial charge in [-0.2, -0.15) is 0 Å². The number of carboxylic acids is 1. The average molecular weight is 466 g/mol. The molecule has 0 spiro atoms. The van der Waals surface area contributed by atoms with Gasteiger partial charge in [0, 0.05) is 12.8 Å². The first-order chi connectivity index (χ1) is 16.5. The van der Waals surface area contributed by atoms with Crippen LogP contribution in [0.4, 0.5) is 0 Å². The number of aromatic hydroxyl groups is 1. The molecular formula is C29H39NO4. The quantitative estimate of drug-likeness (QED) is 0.183. The van der Waals surface area contributed by atoms with E-state index in [9.17, 15) is 19.8 Å². The first-order valence-electron chi connectivity index (χ1n) is 12.1. The number of carbonyl (C=O) groups excluding carboxylic acids is 1. The fraction of sp³-hybridized carbons (Fsp3) is 0.379. The Morgan fingerprint density at radius 3 is 1.82 bits per heavy atom. The predicted octanol–water partition coefficient (Wildman–Crippen LogP) is 6.43. The number of hydrogen-bond acceptors (Lipinski definition) is 3. The summed E-state index contributed by atoms with van der Waals surface area (Å²) in [5.74, 6) is -1.22. The first-order valence-corrected chi connectivity index (χ1v) is 12.1. The van der Waals surface area contributed by atoms with Crippen LogP contribution in [0.5, 0.6) is 5.75 Å². The number of allylic oxidation sites excluding steroid dienone is 10. The van der Waals surface area contributed by atoms with Crippen LogP contribution in [-0.4, -0.2) is 28.1 Å². The number of carboxylic acid groups (broad SMARTS) is 1. The average Bonchev–Trinajstić information content (AvgIpc) is 2.82. The summed E-state index contributed by atoms with van der Waals surface area (Å²) in [6.45, 7) is 2.14. The van der Waals surface area contributed by atoms with Crippen molar-refractivity contribution in [1.29, 1.82) is 0 Å². The lowest BCUT2D eigenvalue weighted by molar-refractivity contribution is -0.141. The van der Waals surface area contributed by atoms with Crippen LogP contribution in [-0.2, 0) is 16.0 Å². The summed E-state index contributed by atoms with van der Waals surface area (Å²) >= 11 is 0. The lowest BCUT2D eigenvalue weighted by Gasteiger charge is -2.14. The van der Waals surface area contributed by atoms with Crippen LogP contribution in [0, 0.1) is 0 Å². The van der Waals surface area contributed by atoms with Gasteiger partial charge in [-0.15, -0.1) is 0 Å². The molecule has 0 aliphatic carbocycles. The SMILES string of the molecule is CC/C=C/C/C=C/C/C=C/C/C=C/C/C=C/CCCC(=O)NC(Cc1ccc(O)cc1)C(=O)O. The third-order valence-electron chi connectivity index (χ3n) is 4.94. The van der Waals surface area contributed by atoms with Gasteiger partial charge in [0.05, 0.1) is 0 Å². The highest BCUT2D eigenvalue weighted by molar-refractivity contribution is 5.83. The van der Waals surface area contributed by atoms with Crippen molar-refractivity contribution in [3.8, 4) is 5.75 Å². The summed E-state index contributed by atoms with van der Waals surface area (Å²) in [5.41, 5.74) is 0.740. The van der Waals surface area contributed by atoms with Crippen LogP contribution in [0.15, 0.2) is 85.0 Å². The van der Waals surface area contributed by atoms with Crippen LogP contribution in [0.25, 0.3) is 0 Å². The Bertz CT molecular complexity index is 847. The van der Waals surface area contributed by atoms with Crippen molar-refractivity contribution in [2.24, 2.45) is 0 Å². The second-order valence-electron chi connectivity index (χ2n) is 7.93. The van der Waals surface area contributed by atoms with Crippen molar-refractivity contribution < 1.29 is 19.8 Å². The van der Waals surface area contributed by atoms with Crippen molar-refractivity contribution in [2.45, 2.75) is 70.8 Å². The minimum absolute atomic E-state index is 0.120. The first kappa shape index (κ1) is 28.7. The van der Waals surface area contributed by atoms with E-state index in [1.165, 1.54) is 12.1 Å². The predicted molar refractivity (Wildman–Crippen MR) is 140 cm³/mol. The van der Waals surface area contributed by atoms with E-state index in [-0.39, 0.29) is 24.5 Å². The lowest BCUT2D eigenvalue weighted by Crippen LogP contribution is -2.42. The van der Waals surface area contributed by atoms with E-state index >= 15 is 0 Å². The van der Waals surface area contributed by atoms with Gasteiger partial charge < -0.3 is 15.5 Å². The highest BCUT2D eigenvalue weighted by Gasteiger charge is 2.20. The van der Waals surface area contributed by atoms with E-state index in [4.69, 9.17) is 0 Å². The van der Waals surface area contributed by atoms with Crippen LogP contribution < -0.4 is 5.32 Å². The van der Waals surface area contributed by atoms with E-state index in [0.29, 0.717) is 6.42 Å². The van der Waals surface area contributed by atoms with Gasteiger partial charge in [-0.05, 0) is 62.6 Å². The molecule has 0 aliphatic heterocycles. The fourth-order valence-electron chi connectivity index (χ4n) is 3.08. The van der Waals surface area contributed by atoms with Crippen LogP contribution >= 0.6 is 0 Å². The highest BCUT2D eigenvalue weighted by atomic mass is 16.4. The smallest absolute Gasteiger partial charge is 0.326 e. The molecular weight excluding hydrogens is 426 g/mol. The third kappa shape index (κ3) is 15.5. The Kier molecular flexibility index (Phi) is 16.2. The molecule has 0 aliphatic rings.